The molecule has 3 rings (SSSR count). The van der Waals surface area contributed by atoms with E-state index in [0.29, 0.717) is 0 Å². The number of quaternary nitrogens is 1. The van der Waals surface area contributed by atoms with E-state index in [2.05, 4.69) is 14.0 Å². The smallest absolute Gasteiger partial charge is 0.492 e. The number of hydrogen-bond donors (Lipinski definition) is 2. The lowest BCUT2D eigenvalue weighted by molar-refractivity contribution is -0.895. The van der Waals surface area contributed by atoms with Gasteiger partial charge in [0.15, 0.2) is 0 Å². The summed E-state index contributed by atoms with van der Waals surface area (Å²) in [6, 6.07) is 11.1. The van der Waals surface area contributed by atoms with E-state index in [1.807, 2.05) is 0 Å². The van der Waals surface area contributed by atoms with Gasteiger partial charge in [0.05, 0.1) is 37.8 Å². The predicted octanol–water partition coefficient (Wildman–Crippen LogP) is 2.13. The molecule has 1 fully saturated rings. The highest BCUT2D eigenvalue weighted by Gasteiger charge is 2.23. The lowest BCUT2D eigenvalue weighted by Gasteiger charge is -2.26. The first kappa shape index (κ1) is 23.2. The number of carboxylic acid groups (broad SMARTS) is 2. The van der Waals surface area contributed by atoms with Crippen LogP contribution in [-0.2, 0) is 0 Å². The third kappa shape index (κ3) is 6.50. The normalized spacial score (nSPS) is 14.2. The maximum atomic E-state index is 11.8. The van der Waals surface area contributed by atoms with Gasteiger partial charge >= 0.3 is 19.3 Å². The largest absolute Gasteiger partial charge is 0.808 e. The summed E-state index contributed by atoms with van der Waals surface area (Å²) >= 11 is 0. The Hall–Kier alpha value is -3.04. The fourth-order valence-electron chi connectivity index (χ4n) is 3.14. The van der Waals surface area contributed by atoms with Crippen LogP contribution in [0, 0.1) is 0 Å². The van der Waals surface area contributed by atoms with E-state index in [4.69, 9.17) is 19.5 Å². The Kier molecular flexibility index (Phi) is 8.26. The Balaban J connectivity index is 0.000000335. The Labute approximate surface area is 176 Å². The van der Waals surface area contributed by atoms with Gasteiger partial charge in [-0.1, -0.05) is 24.3 Å². The maximum Gasteiger partial charge on any atom is 0.492 e. The summed E-state index contributed by atoms with van der Waals surface area (Å²) < 4.78 is 11.1. The van der Waals surface area contributed by atoms with Crippen LogP contribution in [0.4, 0.5) is 0 Å². The molecule has 0 radical (unpaired) electrons. The molecule has 1 aliphatic heterocycles. The van der Waals surface area contributed by atoms with Gasteiger partial charge in [0.2, 0.25) is 0 Å². The minimum absolute atomic E-state index is 0.164. The van der Waals surface area contributed by atoms with E-state index < -0.39 is 19.3 Å². The van der Waals surface area contributed by atoms with E-state index in [0.717, 1.165) is 0 Å². The third-order valence-corrected chi connectivity index (χ3v) is 5.09. The summed E-state index contributed by atoms with van der Waals surface area (Å²) in [5.74, 6) is -2.84. The van der Waals surface area contributed by atoms with Gasteiger partial charge in [0, 0.05) is 12.8 Å². The highest BCUT2D eigenvalue weighted by Crippen LogP contribution is 2.21. The fourth-order valence-corrected chi connectivity index (χ4v) is 3.14. The molecule has 0 amide bonds. The number of nitrogens with zero attached hydrogens (tertiary/aromatic N) is 1. The average molecular weight is 415 g/mol. The first-order valence-electron chi connectivity index (χ1n) is 9.73. The molecule has 1 saturated heterocycles. The Morgan fingerprint density at radius 1 is 0.933 bits per heavy atom. The number of carbonyl (C=O) groups is 2. The van der Waals surface area contributed by atoms with Crippen LogP contribution in [0.5, 0.6) is 11.5 Å². The quantitative estimate of drug-likeness (QED) is 0.526. The van der Waals surface area contributed by atoms with Gasteiger partial charge < -0.3 is 29.0 Å². The fraction of sp³-hybridized carbons (Fsp3) is 0.333. The number of para-hydroxylation sites is 2. The van der Waals surface area contributed by atoms with Crippen molar-refractivity contribution in [2.24, 2.45) is 0 Å². The molecule has 2 aromatic carbocycles. The van der Waals surface area contributed by atoms with Gasteiger partial charge in [0.25, 0.3) is 0 Å². The first-order valence-corrected chi connectivity index (χ1v) is 9.73. The monoisotopic (exact) mass is 415 g/mol. The van der Waals surface area contributed by atoms with Crippen LogP contribution in [0.25, 0.3) is 0 Å². The van der Waals surface area contributed by atoms with E-state index in [1.54, 1.807) is 0 Å². The zero-order valence-electron chi connectivity index (χ0n) is 17.1. The SMILES string of the molecule is CC[N+]1(C)CCCC1.O=C(O)c1ccccc1OB([O-])Oc1ccccc1C(=O)O. The van der Waals surface area contributed by atoms with Crippen molar-refractivity contribution in [2.45, 2.75) is 19.8 Å². The van der Waals surface area contributed by atoms with Crippen molar-refractivity contribution in [1.82, 2.24) is 0 Å². The molecule has 0 bridgehead atoms. The summed E-state index contributed by atoms with van der Waals surface area (Å²) in [6.45, 7) is 6.43. The van der Waals surface area contributed by atoms with Crippen LogP contribution in [0.3, 0.4) is 0 Å². The number of rotatable bonds is 7. The van der Waals surface area contributed by atoms with E-state index in [-0.39, 0.29) is 22.6 Å². The lowest BCUT2D eigenvalue weighted by Crippen LogP contribution is -2.44. The molecule has 0 unspecified atom stereocenters. The van der Waals surface area contributed by atoms with Crippen molar-refractivity contribution >= 4 is 19.3 Å². The summed E-state index contributed by atoms with van der Waals surface area (Å²) in [4.78, 5) is 22.0. The summed E-state index contributed by atoms with van der Waals surface area (Å²) in [7, 11) is 0.244. The molecule has 9 heteroatoms. The topological polar surface area (TPSA) is 116 Å². The molecule has 0 spiro atoms. The van der Waals surface area contributed by atoms with Gasteiger partial charge in [-0.25, -0.2) is 9.59 Å². The lowest BCUT2D eigenvalue weighted by atomic mass is 10.1. The second-order valence-corrected chi connectivity index (χ2v) is 7.22. The Morgan fingerprint density at radius 2 is 1.33 bits per heavy atom. The predicted molar refractivity (Wildman–Crippen MR) is 110 cm³/mol. The van der Waals surface area contributed by atoms with Crippen molar-refractivity contribution in [2.75, 3.05) is 26.7 Å². The van der Waals surface area contributed by atoms with Crippen molar-refractivity contribution in [1.29, 1.82) is 0 Å². The molecular formula is C21H26BNO7. The zero-order valence-corrected chi connectivity index (χ0v) is 17.1. The van der Waals surface area contributed by atoms with Crippen LogP contribution in [0.1, 0.15) is 40.5 Å². The van der Waals surface area contributed by atoms with Gasteiger partial charge in [-0.2, -0.15) is 0 Å². The van der Waals surface area contributed by atoms with Crippen LogP contribution >= 0.6 is 0 Å². The van der Waals surface area contributed by atoms with Gasteiger partial charge in [-0.05, 0) is 31.2 Å². The molecule has 30 heavy (non-hydrogen) atoms. The van der Waals surface area contributed by atoms with Crippen molar-refractivity contribution in [3.63, 3.8) is 0 Å². The minimum Gasteiger partial charge on any atom is -0.808 e. The first-order chi connectivity index (χ1) is 14.3. The number of benzene rings is 2. The summed E-state index contributed by atoms with van der Waals surface area (Å²) in [5.41, 5.74) is -0.392. The van der Waals surface area contributed by atoms with Crippen LogP contribution in [0.2, 0.25) is 0 Å². The van der Waals surface area contributed by atoms with E-state index in [1.165, 1.54) is 85.5 Å². The maximum absolute atomic E-state index is 11.8. The van der Waals surface area contributed by atoms with Crippen molar-refractivity contribution in [3.05, 3.63) is 59.7 Å². The Bertz CT molecular complexity index is 808. The molecule has 8 nitrogen and oxygen atoms in total. The van der Waals surface area contributed by atoms with E-state index >= 15 is 0 Å². The molecule has 160 valence electrons. The number of hydrogen-bond acceptors (Lipinski definition) is 5. The van der Waals surface area contributed by atoms with Crippen molar-refractivity contribution < 1.29 is 38.6 Å². The third-order valence-electron chi connectivity index (χ3n) is 5.09. The molecule has 0 aromatic heterocycles. The molecule has 2 aromatic rings. The molecular weight excluding hydrogens is 389 g/mol. The molecule has 1 heterocycles. The molecule has 1 aliphatic rings. The second kappa shape index (κ2) is 10.7. The van der Waals surface area contributed by atoms with E-state index in [9.17, 15) is 14.6 Å². The number of aromatic carboxylic acids is 2. The van der Waals surface area contributed by atoms with Gasteiger partial charge in [-0.15, -0.1) is 0 Å². The molecule has 2 N–H and O–H groups in total. The molecule has 0 aliphatic carbocycles. The number of likely N-dealkylation sites (tertiary alicyclic amines) is 1. The molecule has 0 saturated carbocycles. The second-order valence-electron chi connectivity index (χ2n) is 7.22. The standard InChI is InChI=1S/C14H10BO7.C7H16N/c16-13(17)9-5-1-3-7-11(9)21-15(20)22-12-8-4-2-6-10(12)14(18)19;1-3-8(2)6-4-5-7-8/h1-8H,(H,16,17)(H,18,19);3-7H2,1-2H3/q-1;+1. The Morgan fingerprint density at radius 3 is 1.67 bits per heavy atom. The number of carboxylic acids is 2. The van der Waals surface area contributed by atoms with Crippen LogP contribution < -0.4 is 14.3 Å². The van der Waals surface area contributed by atoms with Crippen LogP contribution in [-0.4, -0.2) is 60.6 Å². The minimum atomic E-state index is -2.11. The zero-order chi connectivity index (χ0) is 22.1. The van der Waals surface area contributed by atoms with Crippen molar-refractivity contribution in [3.8, 4) is 11.5 Å². The summed E-state index contributed by atoms with van der Waals surface area (Å²) in [6.07, 6.45) is 2.90. The highest BCUT2D eigenvalue weighted by molar-refractivity contribution is 6.35. The average Bonchev–Trinajstić information content (AvgIpc) is 3.16. The van der Waals surface area contributed by atoms with Gasteiger partial charge in [-0.3, -0.25) is 0 Å². The molecule has 0 atom stereocenters. The highest BCUT2D eigenvalue weighted by atomic mass is 16.7. The summed E-state index contributed by atoms with van der Waals surface area (Å²) in [5, 5.41) is 29.8. The van der Waals surface area contributed by atoms with Gasteiger partial charge in [0.1, 0.15) is 11.5 Å². The van der Waals surface area contributed by atoms with Crippen LogP contribution in [0.15, 0.2) is 48.5 Å².